The number of nitrogens with zero attached hydrogens (tertiary/aromatic N) is 2. The minimum absolute atomic E-state index is 0.274. The lowest BCUT2D eigenvalue weighted by atomic mass is 10.1. The van der Waals surface area contributed by atoms with Gasteiger partial charge in [-0.05, 0) is 23.6 Å². The van der Waals surface area contributed by atoms with E-state index in [1.54, 1.807) is 13.1 Å². The standard InChI is InChI=1S/C19H24N2O2S/c1-4-14-21(16-19-13-9-8-10-17(19)2)24(22,23)20(3)15-18-11-6-5-7-12-18/h4-13H,1,14-16H2,2-3H3. The summed E-state index contributed by atoms with van der Waals surface area (Å²) < 4.78 is 28.7. The highest BCUT2D eigenvalue weighted by atomic mass is 32.2. The predicted molar refractivity (Wildman–Crippen MR) is 98.6 cm³/mol. The van der Waals surface area contributed by atoms with Gasteiger partial charge in [-0.3, -0.25) is 0 Å². The van der Waals surface area contributed by atoms with Crippen LogP contribution in [0.3, 0.4) is 0 Å². The molecule has 0 spiro atoms. The second kappa shape index (κ2) is 8.24. The van der Waals surface area contributed by atoms with Crippen LogP contribution < -0.4 is 0 Å². The average molecular weight is 344 g/mol. The highest BCUT2D eigenvalue weighted by molar-refractivity contribution is 7.86. The fourth-order valence-electron chi connectivity index (χ4n) is 2.48. The lowest BCUT2D eigenvalue weighted by molar-refractivity contribution is 0.370. The first-order valence-corrected chi connectivity index (χ1v) is 9.25. The summed E-state index contributed by atoms with van der Waals surface area (Å²) in [6.07, 6.45) is 1.62. The fraction of sp³-hybridized carbons (Fsp3) is 0.263. The molecular formula is C19H24N2O2S. The van der Waals surface area contributed by atoms with Crippen LogP contribution in [0.4, 0.5) is 0 Å². The number of benzene rings is 2. The predicted octanol–water partition coefficient (Wildman–Crippen LogP) is 3.36. The van der Waals surface area contributed by atoms with Crippen LogP contribution in [0.15, 0.2) is 67.3 Å². The average Bonchev–Trinajstić information content (AvgIpc) is 2.57. The molecule has 0 aliphatic carbocycles. The second-order valence-corrected chi connectivity index (χ2v) is 7.79. The van der Waals surface area contributed by atoms with Crippen LogP contribution in [0.5, 0.6) is 0 Å². The Labute approximate surface area is 145 Å². The molecule has 0 heterocycles. The molecule has 0 atom stereocenters. The lowest BCUT2D eigenvalue weighted by Crippen LogP contribution is -2.41. The van der Waals surface area contributed by atoms with Gasteiger partial charge in [0.05, 0.1) is 0 Å². The van der Waals surface area contributed by atoms with Gasteiger partial charge in [0.25, 0.3) is 10.2 Å². The van der Waals surface area contributed by atoms with E-state index in [9.17, 15) is 8.42 Å². The quantitative estimate of drug-likeness (QED) is 0.689. The molecule has 24 heavy (non-hydrogen) atoms. The van der Waals surface area contributed by atoms with E-state index in [1.807, 2.05) is 61.5 Å². The Hall–Kier alpha value is -1.95. The van der Waals surface area contributed by atoms with E-state index in [1.165, 1.54) is 8.61 Å². The van der Waals surface area contributed by atoms with Gasteiger partial charge in [0.1, 0.15) is 0 Å². The summed E-state index contributed by atoms with van der Waals surface area (Å²) in [6.45, 7) is 6.63. The van der Waals surface area contributed by atoms with E-state index in [2.05, 4.69) is 6.58 Å². The molecule has 0 amide bonds. The number of aryl methyl sites for hydroxylation is 1. The van der Waals surface area contributed by atoms with Crippen molar-refractivity contribution in [3.8, 4) is 0 Å². The first kappa shape index (κ1) is 18.4. The molecule has 0 unspecified atom stereocenters. The molecule has 2 rings (SSSR count). The molecule has 0 aliphatic rings. The summed E-state index contributed by atoms with van der Waals surface area (Å²) >= 11 is 0. The molecule has 0 saturated carbocycles. The summed E-state index contributed by atoms with van der Waals surface area (Å²) in [5.41, 5.74) is 3.03. The van der Waals surface area contributed by atoms with E-state index < -0.39 is 10.2 Å². The molecule has 4 nitrogen and oxygen atoms in total. The van der Waals surface area contributed by atoms with Gasteiger partial charge in [-0.1, -0.05) is 60.7 Å². The minimum atomic E-state index is -3.58. The van der Waals surface area contributed by atoms with Crippen molar-refractivity contribution in [2.45, 2.75) is 20.0 Å². The SMILES string of the molecule is C=CCN(Cc1ccccc1C)S(=O)(=O)N(C)Cc1ccccc1. The van der Waals surface area contributed by atoms with Gasteiger partial charge in [-0.2, -0.15) is 17.0 Å². The topological polar surface area (TPSA) is 40.6 Å². The zero-order chi connectivity index (χ0) is 17.6. The highest BCUT2D eigenvalue weighted by Gasteiger charge is 2.26. The third-order valence-corrected chi connectivity index (χ3v) is 5.76. The summed E-state index contributed by atoms with van der Waals surface area (Å²) in [5.74, 6) is 0. The summed E-state index contributed by atoms with van der Waals surface area (Å²) in [5, 5.41) is 0. The van der Waals surface area contributed by atoms with E-state index in [-0.39, 0.29) is 6.54 Å². The lowest BCUT2D eigenvalue weighted by Gasteiger charge is -2.27. The van der Waals surface area contributed by atoms with Gasteiger partial charge >= 0.3 is 0 Å². The number of rotatable bonds is 8. The highest BCUT2D eigenvalue weighted by Crippen LogP contribution is 2.17. The van der Waals surface area contributed by atoms with Crippen LogP contribution in [0, 0.1) is 6.92 Å². The van der Waals surface area contributed by atoms with Crippen LogP contribution in [0.1, 0.15) is 16.7 Å². The van der Waals surface area contributed by atoms with Crippen molar-refractivity contribution in [2.24, 2.45) is 0 Å². The van der Waals surface area contributed by atoms with Gasteiger partial charge in [0.2, 0.25) is 0 Å². The van der Waals surface area contributed by atoms with E-state index in [0.717, 1.165) is 16.7 Å². The Morgan fingerprint density at radius 1 is 1.00 bits per heavy atom. The normalized spacial score (nSPS) is 11.8. The third kappa shape index (κ3) is 4.54. The maximum absolute atomic E-state index is 12.9. The molecule has 0 bridgehead atoms. The summed E-state index contributed by atoms with van der Waals surface area (Å²) in [6, 6.07) is 17.4. The summed E-state index contributed by atoms with van der Waals surface area (Å²) in [4.78, 5) is 0. The second-order valence-electron chi connectivity index (χ2n) is 5.76. The van der Waals surface area contributed by atoms with Crippen LogP contribution in [0.25, 0.3) is 0 Å². The molecule has 2 aromatic rings. The van der Waals surface area contributed by atoms with Crippen molar-refractivity contribution >= 4 is 10.2 Å². The molecule has 0 aliphatic heterocycles. The maximum atomic E-state index is 12.9. The van der Waals surface area contributed by atoms with E-state index in [4.69, 9.17) is 0 Å². The Kier molecular flexibility index (Phi) is 6.31. The number of hydrogen-bond acceptors (Lipinski definition) is 2. The van der Waals surface area contributed by atoms with Gasteiger partial charge in [-0.15, -0.1) is 6.58 Å². The third-order valence-electron chi connectivity index (χ3n) is 3.91. The van der Waals surface area contributed by atoms with Crippen LogP contribution in [-0.2, 0) is 23.3 Å². The largest absolute Gasteiger partial charge is 0.282 e. The molecule has 0 aromatic heterocycles. The molecule has 0 N–H and O–H groups in total. The monoisotopic (exact) mass is 344 g/mol. The zero-order valence-electron chi connectivity index (χ0n) is 14.2. The van der Waals surface area contributed by atoms with Crippen molar-refractivity contribution in [3.05, 3.63) is 83.9 Å². The van der Waals surface area contributed by atoms with E-state index >= 15 is 0 Å². The molecule has 2 aromatic carbocycles. The van der Waals surface area contributed by atoms with Crippen molar-refractivity contribution in [1.29, 1.82) is 0 Å². The molecule has 5 heteroatoms. The summed E-state index contributed by atoms with van der Waals surface area (Å²) in [7, 11) is -1.97. The van der Waals surface area contributed by atoms with Crippen LogP contribution in [0.2, 0.25) is 0 Å². The molecule has 128 valence electrons. The van der Waals surface area contributed by atoms with Crippen molar-refractivity contribution < 1.29 is 8.42 Å². The van der Waals surface area contributed by atoms with Crippen molar-refractivity contribution in [1.82, 2.24) is 8.61 Å². The van der Waals surface area contributed by atoms with Gasteiger partial charge in [0, 0.05) is 26.7 Å². The van der Waals surface area contributed by atoms with Gasteiger partial charge in [-0.25, -0.2) is 0 Å². The first-order valence-electron chi connectivity index (χ1n) is 7.86. The molecule has 0 fully saturated rings. The molecule has 0 saturated heterocycles. The van der Waals surface area contributed by atoms with Gasteiger partial charge in [0.15, 0.2) is 0 Å². The Morgan fingerprint density at radius 3 is 2.25 bits per heavy atom. The van der Waals surface area contributed by atoms with Crippen LogP contribution in [-0.4, -0.2) is 30.6 Å². The molecule has 0 radical (unpaired) electrons. The maximum Gasteiger partial charge on any atom is 0.282 e. The van der Waals surface area contributed by atoms with Crippen molar-refractivity contribution in [3.63, 3.8) is 0 Å². The first-order chi connectivity index (χ1) is 11.4. The minimum Gasteiger partial charge on any atom is -0.195 e. The van der Waals surface area contributed by atoms with E-state index in [0.29, 0.717) is 13.1 Å². The number of hydrogen-bond donors (Lipinski definition) is 0. The Morgan fingerprint density at radius 2 is 1.62 bits per heavy atom. The molecular weight excluding hydrogens is 320 g/mol. The van der Waals surface area contributed by atoms with Crippen LogP contribution >= 0.6 is 0 Å². The smallest absolute Gasteiger partial charge is 0.195 e. The zero-order valence-corrected chi connectivity index (χ0v) is 15.0. The van der Waals surface area contributed by atoms with Gasteiger partial charge < -0.3 is 0 Å². The van der Waals surface area contributed by atoms with Crippen molar-refractivity contribution in [2.75, 3.05) is 13.6 Å². The fourth-order valence-corrected chi connectivity index (χ4v) is 3.78. The Bertz CT molecular complexity index is 773. The Balaban J connectivity index is 2.21.